The summed E-state index contributed by atoms with van der Waals surface area (Å²) in [6, 6.07) is 0.0326. The minimum atomic E-state index is -2.44. The van der Waals surface area contributed by atoms with Gasteiger partial charge in [-0.1, -0.05) is 13.8 Å². The maximum Gasteiger partial charge on any atom is 0.410 e. The summed E-state index contributed by atoms with van der Waals surface area (Å²) in [5.74, 6) is 2.51. The summed E-state index contributed by atoms with van der Waals surface area (Å²) >= 11 is 0. The SMILES string of the molecule is CC1C2CC[C@H](OC[C@H]3[C@@H](C)C[C@@H](C)N3C(=O)OCCC(F)F)CC12.Fc1cncnc1. The van der Waals surface area contributed by atoms with Crippen molar-refractivity contribution in [3.05, 3.63) is 24.5 Å². The summed E-state index contributed by atoms with van der Waals surface area (Å²) in [7, 11) is 0. The molecule has 4 rings (SSSR count). The Bertz CT molecular complexity index is 727. The lowest BCUT2D eigenvalue weighted by Crippen LogP contribution is -2.44. The van der Waals surface area contributed by atoms with E-state index < -0.39 is 24.8 Å². The Morgan fingerprint density at radius 1 is 1.16 bits per heavy atom. The van der Waals surface area contributed by atoms with E-state index in [2.05, 4.69) is 23.8 Å². The van der Waals surface area contributed by atoms with E-state index in [1.807, 2.05) is 6.92 Å². The van der Waals surface area contributed by atoms with Gasteiger partial charge in [0.2, 0.25) is 6.43 Å². The van der Waals surface area contributed by atoms with E-state index in [9.17, 15) is 18.0 Å². The fourth-order valence-corrected chi connectivity index (χ4v) is 5.25. The number of ether oxygens (including phenoxy) is 2. The van der Waals surface area contributed by atoms with Gasteiger partial charge < -0.3 is 9.47 Å². The van der Waals surface area contributed by atoms with Crippen molar-refractivity contribution in [3.63, 3.8) is 0 Å². The number of hydrogen-bond donors (Lipinski definition) is 0. The first kappa shape index (κ1) is 24.7. The smallest absolute Gasteiger partial charge is 0.410 e. The number of carbonyl (C=O) groups is 1. The Kier molecular flexibility index (Phi) is 8.73. The minimum Gasteiger partial charge on any atom is -0.449 e. The number of hydrogen-bond acceptors (Lipinski definition) is 5. The van der Waals surface area contributed by atoms with Crippen LogP contribution in [0.3, 0.4) is 0 Å². The monoisotopic (exact) mass is 457 g/mol. The van der Waals surface area contributed by atoms with Crippen LogP contribution in [0.2, 0.25) is 0 Å². The number of rotatable bonds is 6. The van der Waals surface area contributed by atoms with Gasteiger partial charge in [0.1, 0.15) is 6.33 Å². The molecule has 0 N–H and O–H groups in total. The van der Waals surface area contributed by atoms with Gasteiger partial charge in [-0.3, -0.25) is 4.90 Å². The third-order valence-corrected chi connectivity index (χ3v) is 7.12. The van der Waals surface area contributed by atoms with Crippen molar-refractivity contribution >= 4 is 6.09 Å². The lowest BCUT2D eigenvalue weighted by Gasteiger charge is -2.31. The summed E-state index contributed by atoms with van der Waals surface area (Å²) in [5.41, 5.74) is 0. The molecule has 1 aromatic heterocycles. The predicted octanol–water partition coefficient (Wildman–Crippen LogP) is 4.94. The van der Waals surface area contributed by atoms with E-state index >= 15 is 0 Å². The van der Waals surface area contributed by atoms with Crippen LogP contribution in [0.15, 0.2) is 18.7 Å². The Balaban J connectivity index is 0.000000352. The highest BCUT2D eigenvalue weighted by molar-refractivity contribution is 5.69. The lowest BCUT2D eigenvalue weighted by atomic mass is 9.97. The van der Waals surface area contributed by atoms with Crippen LogP contribution in [-0.2, 0) is 9.47 Å². The van der Waals surface area contributed by atoms with Crippen LogP contribution >= 0.6 is 0 Å². The highest BCUT2D eigenvalue weighted by atomic mass is 19.3. The Labute approximate surface area is 187 Å². The molecule has 1 saturated heterocycles. The van der Waals surface area contributed by atoms with Crippen LogP contribution in [-0.4, -0.2) is 58.8 Å². The largest absolute Gasteiger partial charge is 0.449 e. The number of carbonyl (C=O) groups excluding carboxylic acids is 1. The molecule has 32 heavy (non-hydrogen) atoms. The van der Waals surface area contributed by atoms with E-state index in [0.29, 0.717) is 18.6 Å². The fourth-order valence-electron chi connectivity index (χ4n) is 5.25. The van der Waals surface area contributed by atoms with Crippen LogP contribution < -0.4 is 0 Å². The molecule has 6 nitrogen and oxygen atoms in total. The molecular weight excluding hydrogens is 423 g/mol. The lowest BCUT2D eigenvalue weighted by molar-refractivity contribution is -0.0143. The Hall–Kier alpha value is -1.90. The molecule has 2 heterocycles. The van der Waals surface area contributed by atoms with Gasteiger partial charge in [0.15, 0.2) is 5.82 Å². The van der Waals surface area contributed by atoms with Crippen molar-refractivity contribution in [2.45, 2.75) is 77.5 Å². The number of likely N-dealkylation sites (tertiary alicyclic amines) is 1. The molecule has 2 aliphatic carbocycles. The quantitative estimate of drug-likeness (QED) is 0.605. The van der Waals surface area contributed by atoms with E-state index in [-0.39, 0.29) is 18.7 Å². The number of aromatic nitrogens is 2. The van der Waals surface area contributed by atoms with E-state index in [1.165, 1.54) is 12.7 Å². The number of alkyl halides is 2. The van der Waals surface area contributed by atoms with Crippen molar-refractivity contribution in [2.75, 3.05) is 13.2 Å². The van der Waals surface area contributed by atoms with Crippen LogP contribution in [0.25, 0.3) is 0 Å². The maximum absolute atomic E-state index is 12.3. The molecule has 180 valence electrons. The minimum absolute atomic E-state index is 0.0246. The van der Waals surface area contributed by atoms with Gasteiger partial charge in [-0.25, -0.2) is 27.9 Å². The van der Waals surface area contributed by atoms with Gasteiger partial charge >= 0.3 is 6.09 Å². The number of halogens is 3. The van der Waals surface area contributed by atoms with Crippen LogP contribution in [0.4, 0.5) is 18.0 Å². The van der Waals surface area contributed by atoms with Gasteiger partial charge in [-0.2, -0.15) is 0 Å². The molecule has 1 aliphatic heterocycles. The second kappa shape index (κ2) is 11.3. The zero-order valence-corrected chi connectivity index (χ0v) is 19.0. The second-order valence-corrected chi connectivity index (χ2v) is 9.34. The molecule has 0 spiro atoms. The van der Waals surface area contributed by atoms with Crippen molar-refractivity contribution in [3.8, 4) is 0 Å². The molecule has 2 saturated carbocycles. The molecular formula is C23H34F3N3O3. The fraction of sp³-hybridized carbons (Fsp3) is 0.783. The first-order chi connectivity index (χ1) is 15.3. The zero-order chi connectivity index (χ0) is 23.3. The average Bonchev–Trinajstić information content (AvgIpc) is 3.29. The summed E-state index contributed by atoms with van der Waals surface area (Å²) < 4.78 is 47.5. The van der Waals surface area contributed by atoms with Gasteiger partial charge in [0, 0.05) is 12.5 Å². The van der Waals surface area contributed by atoms with Crippen LogP contribution in [0, 0.1) is 29.5 Å². The van der Waals surface area contributed by atoms with Crippen molar-refractivity contribution < 1.29 is 27.4 Å². The predicted molar refractivity (Wildman–Crippen MR) is 113 cm³/mol. The summed E-state index contributed by atoms with van der Waals surface area (Å²) in [6.07, 6.45) is 4.86. The molecule has 3 fully saturated rings. The number of amides is 1. The topological polar surface area (TPSA) is 64.5 Å². The van der Waals surface area contributed by atoms with Gasteiger partial charge in [0.05, 0.1) is 37.8 Å². The molecule has 9 heteroatoms. The standard InChI is InChI=1S/C19H31F2NO3.C4H3FN2/c1-11-8-12(2)22(19(23)24-7-6-18(20)21)17(11)10-25-14-4-5-15-13(3)16(15)9-14;5-4-1-6-3-7-2-4/h11-18H,4-10H2,1-3H3;1-3H/t11-,12+,13?,14-,15?,16?,17-;/m0./s1. The summed E-state index contributed by atoms with van der Waals surface area (Å²) in [4.78, 5) is 20.9. The first-order valence-corrected chi connectivity index (χ1v) is 11.5. The van der Waals surface area contributed by atoms with Crippen molar-refractivity contribution in [1.82, 2.24) is 14.9 Å². The third-order valence-electron chi connectivity index (χ3n) is 7.12. The number of fused-ring (bicyclic) bond motifs is 1. The molecule has 0 bridgehead atoms. The highest BCUT2D eigenvalue weighted by Gasteiger charge is 2.50. The first-order valence-electron chi connectivity index (χ1n) is 11.5. The maximum atomic E-state index is 12.3. The van der Waals surface area contributed by atoms with Gasteiger partial charge in [-0.15, -0.1) is 0 Å². The molecule has 0 aromatic carbocycles. The summed E-state index contributed by atoms with van der Waals surface area (Å²) in [6.45, 7) is 6.73. The molecule has 7 atom stereocenters. The zero-order valence-electron chi connectivity index (χ0n) is 19.0. The Morgan fingerprint density at radius 2 is 1.88 bits per heavy atom. The van der Waals surface area contributed by atoms with E-state index in [1.54, 1.807) is 4.90 Å². The molecule has 1 amide bonds. The Morgan fingerprint density at radius 3 is 2.47 bits per heavy atom. The summed E-state index contributed by atoms with van der Waals surface area (Å²) in [5, 5.41) is 0. The normalized spacial score (nSPS) is 33.3. The van der Waals surface area contributed by atoms with E-state index in [0.717, 1.165) is 49.4 Å². The van der Waals surface area contributed by atoms with Gasteiger partial charge in [0.25, 0.3) is 0 Å². The van der Waals surface area contributed by atoms with E-state index in [4.69, 9.17) is 9.47 Å². The van der Waals surface area contributed by atoms with Crippen LogP contribution in [0.1, 0.15) is 52.9 Å². The second-order valence-electron chi connectivity index (χ2n) is 9.34. The van der Waals surface area contributed by atoms with Gasteiger partial charge in [-0.05, 0) is 56.3 Å². The highest BCUT2D eigenvalue weighted by Crippen LogP contribution is 2.55. The number of nitrogens with zero attached hydrogens (tertiary/aromatic N) is 3. The van der Waals surface area contributed by atoms with Crippen molar-refractivity contribution in [1.29, 1.82) is 0 Å². The third kappa shape index (κ3) is 6.56. The molecule has 1 aromatic rings. The molecule has 3 aliphatic rings. The molecule has 3 unspecified atom stereocenters. The molecule has 0 radical (unpaired) electrons. The van der Waals surface area contributed by atoms with Crippen molar-refractivity contribution in [2.24, 2.45) is 23.7 Å². The average molecular weight is 458 g/mol. The van der Waals surface area contributed by atoms with Crippen LogP contribution in [0.5, 0.6) is 0 Å².